The lowest BCUT2D eigenvalue weighted by molar-refractivity contribution is 0.179. The predicted molar refractivity (Wildman–Crippen MR) is 52.9 cm³/mol. The van der Waals surface area contributed by atoms with Gasteiger partial charge in [-0.25, -0.2) is 0 Å². The lowest BCUT2D eigenvalue weighted by Crippen LogP contribution is -2.16. The van der Waals surface area contributed by atoms with Crippen LogP contribution in [0.5, 0.6) is 0 Å². The fourth-order valence-electron chi connectivity index (χ4n) is 1.51. The third kappa shape index (κ3) is 1.49. The number of aromatic nitrogens is 1. The molecule has 0 amide bonds. The van der Waals surface area contributed by atoms with Gasteiger partial charge < -0.3 is 14.9 Å². The predicted octanol–water partition coefficient (Wildman–Crippen LogP) is 1.08. The molecule has 14 heavy (non-hydrogen) atoms. The van der Waals surface area contributed by atoms with Gasteiger partial charge in [-0.15, -0.1) is 0 Å². The van der Waals surface area contributed by atoms with Gasteiger partial charge in [0, 0.05) is 11.9 Å². The van der Waals surface area contributed by atoms with Crippen LogP contribution in [0.25, 0.3) is 11.0 Å². The van der Waals surface area contributed by atoms with E-state index in [0.29, 0.717) is 12.1 Å². The largest absolute Gasteiger partial charge is 0.387 e. The second kappa shape index (κ2) is 3.77. The number of likely N-dealkylation sites (N-methyl/N-ethyl adjacent to an activating group) is 1. The molecule has 1 aromatic carbocycles. The Balaban J connectivity index is 2.45. The molecule has 0 spiro atoms. The molecule has 2 aromatic rings. The van der Waals surface area contributed by atoms with Crippen LogP contribution in [0.15, 0.2) is 28.9 Å². The van der Waals surface area contributed by atoms with Crippen LogP contribution in [0.1, 0.15) is 11.7 Å². The summed E-state index contributed by atoms with van der Waals surface area (Å²) < 4.78 is 5.01. The van der Waals surface area contributed by atoms with Crippen LogP contribution in [-0.4, -0.2) is 23.9 Å². The summed E-state index contributed by atoms with van der Waals surface area (Å²) in [6.45, 7) is 0.518. The highest BCUT2D eigenvalue weighted by Crippen LogP contribution is 2.23. The molecule has 0 bridgehead atoms. The molecule has 0 radical (unpaired) electrons. The van der Waals surface area contributed by atoms with Gasteiger partial charge in [-0.05, 0) is 18.7 Å². The van der Waals surface area contributed by atoms with Gasteiger partial charge in [0.1, 0.15) is 0 Å². The summed E-state index contributed by atoms with van der Waals surface area (Å²) in [5, 5.41) is 17.3. The first-order valence-electron chi connectivity index (χ1n) is 4.49. The van der Waals surface area contributed by atoms with E-state index < -0.39 is 6.10 Å². The molecule has 0 aliphatic carbocycles. The number of rotatable bonds is 3. The van der Waals surface area contributed by atoms with E-state index >= 15 is 0 Å². The average Bonchev–Trinajstić information content (AvgIpc) is 2.65. The van der Waals surface area contributed by atoms with Crippen LogP contribution < -0.4 is 5.32 Å². The fraction of sp³-hybridized carbons (Fsp3) is 0.300. The summed E-state index contributed by atoms with van der Waals surface area (Å²) >= 11 is 0. The first kappa shape index (κ1) is 9.18. The zero-order valence-electron chi connectivity index (χ0n) is 7.90. The van der Waals surface area contributed by atoms with Gasteiger partial charge in [-0.1, -0.05) is 17.3 Å². The van der Waals surface area contributed by atoms with Crippen molar-refractivity contribution >= 4 is 11.0 Å². The van der Waals surface area contributed by atoms with Crippen molar-refractivity contribution in [1.82, 2.24) is 10.5 Å². The second-order valence-corrected chi connectivity index (χ2v) is 3.16. The van der Waals surface area contributed by atoms with Gasteiger partial charge in [0.15, 0.2) is 5.58 Å². The van der Waals surface area contributed by atoms with Crippen LogP contribution in [0.4, 0.5) is 0 Å². The Bertz CT molecular complexity index is 425. The van der Waals surface area contributed by atoms with E-state index in [1.54, 1.807) is 13.2 Å². The number of benzene rings is 1. The van der Waals surface area contributed by atoms with E-state index in [2.05, 4.69) is 10.5 Å². The number of hydrogen-bond acceptors (Lipinski definition) is 4. The van der Waals surface area contributed by atoms with Crippen molar-refractivity contribution in [2.45, 2.75) is 6.10 Å². The smallest absolute Gasteiger partial charge is 0.167 e. The summed E-state index contributed by atoms with van der Waals surface area (Å²) in [7, 11) is 1.80. The highest BCUT2D eigenvalue weighted by molar-refractivity contribution is 5.80. The summed E-state index contributed by atoms with van der Waals surface area (Å²) in [6.07, 6.45) is 1.10. The Labute approximate surface area is 81.5 Å². The van der Waals surface area contributed by atoms with Gasteiger partial charge in [-0.2, -0.15) is 0 Å². The number of nitrogens with zero attached hydrogens (tertiary/aromatic N) is 1. The van der Waals surface area contributed by atoms with E-state index in [1.165, 1.54) is 0 Å². The average molecular weight is 192 g/mol. The summed E-state index contributed by atoms with van der Waals surface area (Å²) in [5.74, 6) is 0. The number of aliphatic hydroxyl groups excluding tert-OH is 1. The topological polar surface area (TPSA) is 58.3 Å². The maximum absolute atomic E-state index is 9.80. The third-order valence-corrected chi connectivity index (χ3v) is 2.19. The standard InChI is InChI=1S/C10H12N2O2/c1-11-6-9(13)7-3-2-4-10-8(7)5-12-14-10/h2-5,9,11,13H,6H2,1H3. The third-order valence-electron chi connectivity index (χ3n) is 2.19. The number of hydrogen-bond donors (Lipinski definition) is 2. The molecule has 0 saturated carbocycles. The van der Waals surface area contributed by atoms with Gasteiger partial charge in [0.2, 0.25) is 0 Å². The minimum atomic E-state index is -0.525. The van der Waals surface area contributed by atoms with Crippen LogP contribution in [0.3, 0.4) is 0 Å². The molecule has 1 unspecified atom stereocenters. The zero-order chi connectivity index (χ0) is 9.97. The quantitative estimate of drug-likeness (QED) is 0.764. The molecule has 0 aliphatic heterocycles. The maximum Gasteiger partial charge on any atom is 0.167 e. The first-order valence-corrected chi connectivity index (χ1v) is 4.49. The van der Waals surface area contributed by atoms with Crippen molar-refractivity contribution in [3.8, 4) is 0 Å². The molecule has 74 valence electrons. The fourth-order valence-corrected chi connectivity index (χ4v) is 1.51. The van der Waals surface area contributed by atoms with Crippen LogP contribution in [0.2, 0.25) is 0 Å². The van der Waals surface area contributed by atoms with Crippen molar-refractivity contribution in [3.63, 3.8) is 0 Å². The Morgan fingerprint density at radius 1 is 1.57 bits per heavy atom. The Morgan fingerprint density at radius 2 is 2.43 bits per heavy atom. The minimum absolute atomic E-state index is 0.518. The van der Waals surface area contributed by atoms with Crippen molar-refractivity contribution in [2.75, 3.05) is 13.6 Å². The lowest BCUT2D eigenvalue weighted by atomic mass is 10.1. The van der Waals surface area contributed by atoms with E-state index in [0.717, 1.165) is 10.9 Å². The normalized spacial score (nSPS) is 13.3. The molecule has 0 aliphatic rings. The first-order chi connectivity index (χ1) is 6.83. The lowest BCUT2D eigenvalue weighted by Gasteiger charge is -2.10. The number of fused-ring (bicyclic) bond motifs is 1. The molecule has 2 rings (SSSR count). The highest BCUT2D eigenvalue weighted by atomic mass is 16.5. The highest BCUT2D eigenvalue weighted by Gasteiger charge is 2.11. The molecule has 4 heteroatoms. The molecule has 0 fully saturated rings. The van der Waals surface area contributed by atoms with Crippen molar-refractivity contribution in [3.05, 3.63) is 30.0 Å². The Hall–Kier alpha value is -1.39. The molecule has 1 atom stereocenters. The molecule has 1 aromatic heterocycles. The second-order valence-electron chi connectivity index (χ2n) is 3.16. The maximum atomic E-state index is 9.80. The molecular weight excluding hydrogens is 180 g/mol. The van der Waals surface area contributed by atoms with E-state index in [4.69, 9.17) is 4.52 Å². The van der Waals surface area contributed by atoms with E-state index in [-0.39, 0.29) is 0 Å². The van der Waals surface area contributed by atoms with Crippen LogP contribution in [0, 0.1) is 0 Å². The Morgan fingerprint density at radius 3 is 3.21 bits per heavy atom. The van der Waals surface area contributed by atoms with E-state index in [9.17, 15) is 5.11 Å². The molecule has 4 nitrogen and oxygen atoms in total. The van der Waals surface area contributed by atoms with Gasteiger partial charge in [0.05, 0.1) is 12.3 Å². The minimum Gasteiger partial charge on any atom is -0.387 e. The van der Waals surface area contributed by atoms with Crippen molar-refractivity contribution < 1.29 is 9.63 Å². The molecule has 0 saturated heterocycles. The number of aliphatic hydroxyl groups is 1. The van der Waals surface area contributed by atoms with E-state index in [1.807, 2.05) is 18.2 Å². The van der Waals surface area contributed by atoms with Crippen LogP contribution in [-0.2, 0) is 0 Å². The zero-order valence-corrected chi connectivity index (χ0v) is 7.90. The summed E-state index contributed by atoms with van der Waals surface area (Å²) in [5.41, 5.74) is 1.55. The molecular formula is C10H12N2O2. The van der Waals surface area contributed by atoms with Gasteiger partial charge >= 0.3 is 0 Å². The Kier molecular flexibility index (Phi) is 2.47. The van der Waals surface area contributed by atoms with Crippen LogP contribution >= 0.6 is 0 Å². The van der Waals surface area contributed by atoms with Gasteiger partial charge in [0.25, 0.3) is 0 Å². The van der Waals surface area contributed by atoms with Crippen molar-refractivity contribution in [2.24, 2.45) is 0 Å². The summed E-state index contributed by atoms with van der Waals surface area (Å²) in [6, 6.07) is 5.56. The number of nitrogens with one attached hydrogen (secondary N) is 1. The molecule has 2 N–H and O–H groups in total. The molecule has 1 heterocycles. The summed E-state index contributed by atoms with van der Waals surface area (Å²) in [4.78, 5) is 0. The van der Waals surface area contributed by atoms with Gasteiger partial charge in [-0.3, -0.25) is 0 Å². The monoisotopic (exact) mass is 192 g/mol. The van der Waals surface area contributed by atoms with Crippen molar-refractivity contribution in [1.29, 1.82) is 0 Å². The SMILES string of the molecule is CNCC(O)c1cccc2oncc12.